The molecule has 2 aromatic carbocycles. The van der Waals surface area contributed by atoms with Crippen molar-refractivity contribution in [3.8, 4) is 11.5 Å². The Labute approximate surface area is 251 Å². The average molecular weight is 587 g/mol. The van der Waals surface area contributed by atoms with Crippen LogP contribution in [0.4, 0.5) is 0 Å². The van der Waals surface area contributed by atoms with Gasteiger partial charge >= 0.3 is 11.9 Å². The zero-order valence-corrected chi connectivity index (χ0v) is 26.7. The van der Waals surface area contributed by atoms with Gasteiger partial charge in [-0.3, -0.25) is 9.59 Å². The van der Waals surface area contributed by atoms with Crippen LogP contribution in [0.25, 0.3) is 0 Å². The number of ether oxygens (including phenoxy) is 4. The number of aryl methyl sites for hydroxylation is 4. The van der Waals surface area contributed by atoms with E-state index in [4.69, 9.17) is 18.9 Å². The van der Waals surface area contributed by atoms with Gasteiger partial charge in [0.2, 0.25) is 0 Å². The second-order valence-corrected chi connectivity index (χ2v) is 12.8. The van der Waals surface area contributed by atoms with Crippen molar-refractivity contribution in [3.05, 3.63) is 57.6 Å². The molecule has 0 aromatic heterocycles. The van der Waals surface area contributed by atoms with Crippen LogP contribution in [0.2, 0.25) is 0 Å². The Morgan fingerprint density at radius 2 is 0.929 bits per heavy atom. The summed E-state index contributed by atoms with van der Waals surface area (Å²) in [6.07, 6.45) is 1.59. The van der Waals surface area contributed by atoms with Crippen molar-refractivity contribution in [2.45, 2.75) is 91.9 Å². The highest BCUT2D eigenvalue weighted by molar-refractivity contribution is 5.70. The number of esters is 2. The monoisotopic (exact) mass is 586 g/mol. The molecule has 0 fully saturated rings. The minimum atomic E-state index is -0.294. The first-order chi connectivity index (χ1) is 19.6. The molecule has 8 heteroatoms. The van der Waals surface area contributed by atoms with E-state index in [1.807, 2.05) is 26.0 Å². The third-order valence-corrected chi connectivity index (χ3v) is 7.01. The van der Waals surface area contributed by atoms with Gasteiger partial charge in [0, 0.05) is 12.8 Å². The Balaban J connectivity index is 1.56. The fourth-order valence-electron chi connectivity index (χ4n) is 4.69. The maximum absolute atomic E-state index is 12.2. The highest BCUT2D eigenvalue weighted by Gasteiger charge is 2.21. The van der Waals surface area contributed by atoms with Crippen LogP contribution in [-0.4, -0.2) is 61.8 Å². The van der Waals surface area contributed by atoms with E-state index in [2.05, 4.69) is 41.5 Å². The molecule has 0 atom stereocenters. The average Bonchev–Trinajstić information content (AvgIpc) is 2.89. The highest BCUT2D eigenvalue weighted by Crippen LogP contribution is 2.33. The van der Waals surface area contributed by atoms with E-state index in [9.17, 15) is 19.8 Å². The first-order valence-electron chi connectivity index (χ1n) is 14.7. The molecule has 2 aromatic rings. The molecule has 0 bridgehead atoms. The lowest BCUT2D eigenvalue weighted by Gasteiger charge is -2.24. The lowest BCUT2D eigenvalue weighted by molar-refractivity contribution is -0.147. The molecular formula is C34H50O8. The largest absolute Gasteiger partial charge is 0.508 e. The zero-order chi connectivity index (χ0) is 31.5. The summed E-state index contributed by atoms with van der Waals surface area (Å²) in [5.41, 5.74) is 5.40. The third-order valence-electron chi connectivity index (χ3n) is 7.01. The lowest BCUT2D eigenvalue weighted by atomic mass is 9.81. The van der Waals surface area contributed by atoms with Crippen LogP contribution in [0.5, 0.6) is 11.5 Å². The molecule has 0 saturated heterocycles. The van der Waals surface area contributed by atoms with Gasteiger partial charge in [-0.2, -0.15) is 0 Å². The molecule has 2 rings (SSSR count). The molecule has 0 unspecified atom stereocenters. The van der Waals surface area contributed by atoms with Crippen LogP contribution in [-0.2, 0) is 52.2 Å². The minimum Gasteiger partial charge on any atom is -0.508 e. The molecule has 0 spiro atoms. The Morgan fingerprint density at radius 1 is 0.595 bits per heavy atom. The van der Waals surface area contributed by atoms with Crippen LogP contribution >= 0.6 is 0 Å². The molecule has 2 N–H and O–H groups in total. The molecule has 234 valence electrons. The van der Waals surface area contributed by atoms with Gasteiger partial charge < -0.3 is 29.2 Å². The van der Waals surface area contributed by atoms with Crippen molar-refractivity contribution >= 4 is 11.9 Å². The molecule has 0 radical (unpaired) electrons. The van der Waals surface area contributed by atoms with Crippen molar-refractivity contribution in [1.82, 2.24) is 0 Å². The number of benzene rings is 2. The van der Waals surface area contributed by atoms with Crippen LogP contribution in [0.15, 0.2) is 24.3 Å². The van der Waals surface area contributed by atoms with Crippen molar-refractivity contribution in [2.24, 2.45) is 0 Å². The number of rotatable bonds is 15. The van der Waals surface area contributed by atoms with Gasteiger partial charge in [0.1, 0.15) is 24.7 Å². The number of phenolic OH excluding ortho intramolecular Hbond substituents is 2. The van der Waals surface area contributed by atoms with Crippen LogP contribution in [0, 0.1) is 13.8 Å². The second kappa shape index (κ2) is 15.9. The highest BCUT2D eigenvalue weighted by atomic mass is 16.6. The Morgan fingerprint density at radius 3 is 1.26 bits per heavy atom. The summed E-state index contributed by atoms with van der Waals surface area (Å²) in [5, 5.41) is 20.2. The van der Waals surface area contributed by atoms with E-state index in [1.54, 1.807) is 12.1 Å². The van der Waals surface area contributed by atoms with Crippen molar-refractivity contribution in [2.75, 3.05) is 39.6 Å². The molecule has 0 aliphatic carbocycles. The van der Waals surface area contributed by atoms with Gasteiger partial charge in [-0.05, 0) is 83.0 Å². The maximum Gasteiger partial charge on any atom is 0.306 e. The fraction of sp³-hybridized carbons (Fsp3) is 0.588. The maximum atomic E-state index is 12.2. The van der Waals surface area contributed by atoms with Gasteiger partial charge in [-0.25, -0.2) is 0 Å². The normalized spacial score (nSPS) is 11.9. The minimum absolute atomic E-state index is 0.146. The van der Waals surface area contributed by atoms with Gasteiger partial charge in [0.05, 0.1) is 26.4 Å². The lowest BCUT2D eigenvalue weighted by Crippen LogP contribution is -2.17. The number of phenols is 2. The Kier molecular flexibility index (Phi) is 13.3. The van der Waals surface area contributed by atoms with E-state index >= 15 is 0 Å². The first-order valence-corrected chi connectivity index (χ1v) is 14.7. The number of carbonyl (C=O) groups is 2. The molecule has 0 aliphatic heterocycles. The second-order valence-electron chi connectivity index (χ2n) is 12.8. The van der Waals surface area contributed by atoms with Crippen molar-refractivity contribution in [3.63, 3.8) is 0 Å². The summed E-state index contributed by atoms with van der Waals surface area (Å²) in [7, 11) is 0. The predicted molar refractivity (Wildman–Crippen MR) is 163 cm³/mol. The van der Waals surface area contributed by atoms with Crippen LogP contribution in [0.1, 0.15) is 87.8 Å². The molecular weight excluding hydrogens is 536 g/mol. The SMILES string of the molecule is Cc1cc(CCC(=O)OCCOCCOCCOC(=O)CCc2cc(C)c(O)cc2C(C)(C)C)c(C(C)(C)C)cc1O. The smallest absolute Gasteiger partial charge is 0.306 e. The Hall–Kier alpha value is -3.10. The molecule has 8 nitrogen and oxygen atoms in total. The van der Waals surface area contributed by atoms with Gasteiger partial charge in [-0.15, -0.1) is 0 Å². The predicted octanol–water partition coefficient (Wildman–Crippen LogP) is 5.99. The summed E-state index contributed by atoms with van der Waals surface area (Å²) in [6.45, 7) is 17.7. The van der Waals surface area contributed by atoms with Crippen molar-refractivity contribution < 1.29 is 38.7 Å². The van der Waals surface area contributed by atoms with E-state index in [0.717, 1.165) is 33.4 Å². The summed E-state index contributed by atoms with van der Waals surface area (Å²) in [4.78, 5) is 24.4. The summed E-state index contributed by atoms with van der Waals surface area (Å²) in [5.74, 6) is -0.0601. The number of carbonyl (C=O) groups excluding carboxylic acids is 2. The standard InChI is InChI=1S/C34H50O8/c1-23-19-25(27(21-29(23)35)33(3,4)5)9-11-31(37)41-17-15-39-13-14-40-16-18-42-32(38)12-10-26-20-24(2)30(36)22-28(26)34(6,7)8/h19-22,35-36H,9-18H2,1-8H3. The van der Waals surface area contributed by atoms with Crippen LogP contribution in [0.3, 0.4) is 0 Å². The van der Waals surface area contributed by atoms with Crippen LogP contribution < -0.4 is 0 Å². The molecule has 0 amide bonds. The fourth-order valence-corrected chi connectivity index (χ4v) is 4.69. The summed E-state index contributed by atoms with van der Waals surface area (Å²) in [6, 6.07) is 7.46. The van der Waals surface area contributed by atoms with E-state index in [1.165, 1.54) is 0 Å². The third kappa shape index (κ3) is 11.6. The molecule has 0 heterocycles. The number of hydrogen-bond donors (Lipinski definition) is 2. The number of aromatic hydroxyl groups is 2. The summed E-state index contributed by atoms with van der Waals surface area (Å²) < 4.78 is 21.5. The Bertz CT molecular complexity index is 1090. The van der Waals surface area contributed by atoms with Gasteiger partial charge in [0.25, 0.3) is 0 Å². The summed E-state index contributed by atoms with van der Waals surface area (Å²) >= 11 is 0. The molecule has 0 aliphatic rings. The van der Waals surface area contributed by atoms with E-state index in [0.29, 0.717) is 26.1 Å². The van der Waals surface area contributed by atoms with Gasteiger partial charge in [0.15, 0.2) is 0 Å². The van der Waals surface area contributed by atoms with E-state index < -0.39 is 0 Å². The molecule has 0 saturated carbocycles. The zero-order valence-electron chi connectivity index (χ0n) is 26.7. The topological polar surface area (TPSA) is 112 Å². The number of hydrogen-bond acceptors (Lipinski definition) is 8. The van der Waals surface area contributed by atoms with Crippen molar-refractivity contribution in [1.29, 1.82) is 0 Å². The molecule has 42 heavy (non-hydrogen) atoms. The van der Waals surface area contributed by atoms with Gasteiger partial charge in [-0.1, -0.05) is 53.7 Å². The van der Waals surface area contributed by atoms with E-state index in [-0.39, 0.29) is 73.5 Å². The first kappa shape index (κ1) is 35.1. The quantitative estimate of drug-likeness (QED) is 0.193.